The summed E-state index contributed by atoms with van der Waals surface area (Å²) in [5.41, 5.74) is 2.99. The predicted octanol–water partition coefficient (Wildman–Crippen LogP) is 2.05. The highest BCUT2D eigenvalue weighted by Gasteiger charge is 2.26. The molecule has 0 aliphatic carbocycles. The molecule has 0 atom stereocenters. The smallest absolute Gasteiger partial charge is 0.257 e. The Morgan fingerprint density at radius 2 is 1.65 bits per heavy atom. The molecule has 4 rings (SSSR count). The highest BCUT2D eigenvalue weighted by molar-refractivity contribution is 7.80. The largest absolute Gasteiger partial charge is 0.497 e. The van der Waals surface area contributed by atoms with Crippen molar-refractivity contribution < 1.29 is 24.9 Å². The van der Waals surface area contributed by atoms with Gasteiger partial charge in [-0.25, -0.2) is 0 Å². The number of ether oxygens (including phenoxy) is 1. The van der Waals surface area contributed by atoms with Gasteiger partial charge in [-0.15, -0.1) is 12.6 Å². The number of thiol groups is 1. The third-order valence-electron chi connectivity index (χ3n) is 6.97. The van der Waals surface area contributed by atoms with Crippen molar-refractivity contribution in [3.63, 3.8) is 0 Å². The lowest BCUT2D eigenvalue weighted by molar-refractivity contribution is 0.0593. The number of piperazine rings is 1. The first-order valence-electron chi connectivity index (χ1n) is 12.6. The fourth-order valence-electron chi connectivity index (χ4n) is 4.72. The van der Waals surface area contributed by atoms with Gasteiger partial charge in [0, 0.05) is 37.6 Å². The minimum absolute atomic E-state index is 0. The van der Waals surface area contributed by atoms with Crippen LogP contribution in [0.25, 0.3) is 0 Å². The van der Waals surface area contributed by atoms with Gasteiger partial charge in [0.2, 0.25) is 0 Å². The molecule has 2 saturated heterocycles. The number of methoxy groups -OCH3 is 1. The number of furan rings is 1. The van der Waals surface area contributed by atoms with E-state index in [-0.39, 0.29) is 16.9 Å². The number of likely N-dealkylation sites (tertiary alicyclic amines) is 1. The van der Waals surface area contributed by atoms with E-state index in [2.05, 4.69) is 34.8 Å². The fraction of sp³-hybridized carbons (Fsp3) is 0.593. The first kappa shape index (κ1) is 32.9. The maximum Gasteiger partial charge on any atom is 0.257 e. The van der Waals surface area contributed by atoms with Crippen LogP contribution in [0.1, 0.15) is 40.1 Å². The molecule has 0 spiro atoms. The Hall–Kier alpha value is -2.08. The molecular formula is C27H46N4O5S. The van der Waals surface area contributed by atoms with Gasteiger partial charge in [0.15, 0.2) is 0 Å². The van der Waals surface area contributed by atoms with Gasteiger partial charge in [-0.05, 0) is 89.1 Å². The first-order chi connectivity index (χ1) is 16.8. The molecule has 1 aromatic heterocycles. The number of amides is 1. The number of hydrogen-bond donors (Lipinski definition) is 2. The van der Waals surface area contributed by atoms with Gasteiger partial charge in [0.25, 0.3) is 5.91 Å². The van der Waals surface area contributed by atoms with Gasteiger partial charge in [-0.3, -0.25) is 9.69 Å². The van der Waals surface area contributed by atoms with Crippen molar-refractivity contribution >= 4 is 18.5 Å². The average Bonchev–Trinajstić information content (AvgIpc) is 3.33. The summed E-state index contributed by atoms with van der Waals surface area (Å²) in [6.07, 6.45) is 4.19. The summed E-state index contributed by atoms with van der Waals surface area (Å²) in [6, 6.07) is 5.81. The first-order valence-corrected chi connectivity index (χ1v) is 13.0. The number of nitrogens with zero attached hydrogens (tertiary/aromatic N) is 3. The van der Waals surface area contributed by atoms with Crippen LogP contribution in [0.5, 0.6) is 5.75 Å². The zero-order chi connectivity index (χ0) is 25.4. The Balaban J connectivity index is 0.000000448. The van der Waals surface area contributed by atoms with Crippen LogP contribution in [-0.4, -0.2) is 98.6 Å². The van der Waals surface area contributed by atoms with Crippen LogP contribution in [0.3, 0.4) is 0 Å². The highest BCUT2D eigenvalue weighted by Crippen LogP contribution is 2.24. The molecule has 0 saturated carbocycles. The number of benzene rings is 1. The van der Waals surface area contributed by atoms with Gasteiger partial charge in [-0.1, -0.05) is 0 Å². The molecule has 3 heterocycles. The van der Waals surface area contributed by atoms with E-state index in [1.54, 1.807) is 13.4 Å². The van der Waals surface area contributed by atoms with Crippen LogP contribution >= 0.6 is 12.6 Å². The summed E-state index contributed by atoms with van der Waals surface area (Å²) in [4.78, 5) is 20.5. The van der Waals surface area contributed by atoms with E-state index in [9.17, 15) is 4.79 Å². The lowest BCUT2D eigenvalue weighted by Crippen LogP contribution is -2.50. The Morgan fingerprint density at radius 1 is 1.05 bits per heavy atom. The van der Waals surface area contributed by atoms with Crippen molar-refractivity contribution in [2.24, 2.45) is 5.92 Å². The summed E-state index contributed by atoms with van der Waals surface area (Å²) < 4.78 is 10.5. The van der Waals surface area contributed by atoms with Gasteiger partial charge in [0.05, 0.1) is 19.2 Å². The summed E-state index contributed by atoms with van der Waals surface area (Å²) in [5.74, 6) is 2.63. The molecule has 10 heteroatoms. The molecule has 37 heavy (non-hydrogen) atoms. The maximum atomic E-state index is 12.6. The van der Waals surface area contributed by atoms with Crippen molar-refractivity contribution in [1.82, 2.24) is 20.0 Å². The standard InChI is InChI=1S/C18H30N4O2.C9H12OS.2H2O/c1-19-12-17-11-16(14-24-17)18(23)22-9-7-21(8-10-22)13-15-3-5-20(2)6-4-15;1-6-4-8(10-3)5-7(2)9(6)11;;/h11,14-15,19H,3-10,12-13H2,1-2H3;4-5,11H,1-3H3;2*1H2. The second-order valence-electron chi connectivity index (χ2n) is 9.78. The number of piperidine rings is 1. The van der Waals surface area contributed by atoms with Crippen LogP contribution in [0, 0.1) is 19.8 Å². The zero-order valence-electron chi connectivity index (χ0n) is 23.0. The van der Waals surface area contributed by atoms with Crippen molar-refractivity contribution in [1.29, 1.82) is 0 Å². The molecule has 9 nitrogen and oxygen atoms in total. The molecular weight excluding hydrogens is 492 g/mol. The second-order valence-corrected chi connectivity index (χ2v) is 10.2. The summed E-state index contributed by atoms with van der Waals surface area (Å²) in [5, 5.41) is 3.03. The number of hydrogen-bond acceptors (Lipinski definition) is 7. The van der Waals surface area contributed by atoms with Crippen molar-refractivity contribution in [2.45, 2.75) is 38.1 Å². The molecule has 5 N–H and O–H groups in total. The van der Waals surface area contributed by atoms with Crippen LogP contribution in [0.2, 0.25) is 0 Å². The minimum Gasteiger partial charge on any atom is -0.497 e. The number of carbonyl (C=O) groups is 1. The summed E-state index contributed by atoms with van der Waals surface area (Å²) >= 11 is 4.34. The average molecular weight is 539 g/mol. The Kier molecular flexibility index (Phi) is 14.3. The number of aryl methyl sites for hydroxylation is 2. The molecule has 0 radical (unpaired) electrons. The Bertz CT molecular complexity index is 931. The third-order valence-corrected chi connectivity index (χ3v) is 7.67. The fourth-order valence-corrected chi connectivity index (χ4v) is 4.85. The van der Waals surface area contributed by atoms with Gasteiger partial charge < -0.3 is 35.2 Å². The minimum atomic E-state index is 0. The molecule has 2 aromatic rings. The molecule has 1 amide bonds. The topological polar surface area (TPSA) is 124 Å². The van der Waals surface area contributed by atoms with E-state index in [0.29, 0.717) is 12.1 Å². The van der Waals surface area contributed by atoms with Crippen LogP contribution in [0.15, 0.2) is 33.8 Å². The van der Waals surface area contributed by atoms with Crippen molar-refractivity contribution in [2.75, 3.05) is 67.0 Å². The van der Waals surface area contributed by atoms with Crippen LogP contribution in [-0.2, 0) is 6.54 Å². The Labute approximate surface area is 227 Å². The number of carbonyl (C=O) groups excluding carboxylic acids is 1. The predicted molar refractivity (Wildman–Crippen MR) is 151 cm³/mol. The van der Waals surface area contributed by atoms with E-state index in [0.717, 1.165) is 59.6 Å². The van der Waals surface area contributed by atoms with E-state index < -0.39 is 0 Å². The second kappa shape index (κ2) is 16.0. The summed E-state index contributed by atoms with van der Waals surface area (Å²) in [7, 11) is 5.75. The third kappa shape index (κ3) is 9.63. The monoisotopic (exact) mass is 538 g/mol. The molecule has 0 bridgehead atoms. The molecule has 1 aromatic carbocycles. The van der Waals surface area contributed by atoms with Gasteiger partial charge in [0.1, 0.15) is 17.8 Å². The normalized spacial score (nSPS) is 16.8. The van der Waals surface area contributed by atoms with E-state index in [4.69, 9.17) is 9.15 Å². The van der Waals surface area contributed by atoms with Crippen molar-refractivity contribution in [3.05, 3.63) is 46.9 Å². The lowest BCUT2D eigenvalue weighted by Gasteiger charge is -2.38. The number of nitrogens with one attached hydrogen (secondary N) is 1. The van der Waals surface area contributed by atoms with Crippen LogP contribution < -0.4 is 10.1 Å². The molecule has 2 fully saturated rings. The highest BCUT2D eigenvalue weighted by atomic mass is 32.1. The molecule has 210 valence electrons. The summed E-state index contributed by atoms with van der Waals surface area (Å²) in [6.45, 7) is 11.9. The zero-order valence-corrected chi connectivity index (χ0v) is 23.9. The SMILES string of the molecule is CNCc1cc(C(=O)N2CCN(CC3CCN(C)CC3)CC2)co1.COc1cc(C)c(S)c(C)c1.O.O. The van der Waals surface area contributed by atoms with Crippen LogP contribution in [0.4, 0.5) is 0 Å². The van der Waals surface area contributed by atoms with E-state index in [1.807, 2.05) is 44.0 Å². The molecule has 2 aliphatic heterocycles. The number of rotatable bonds is 6. The molecule has 2 aliphatic rings. The van der Waals surface area contributed by atoms with Gasteiger partial charge >= 0.3 is 0 Å². The van der Waals surface area contributed by atoms with E-state index >= 15 is 0 Å². The maximum absolute atomic E-state index is 12.6. The Morgan fingerprint density at radius 3 is 2.19 bits per heavy atom. The lowest BCUT2D eigenvalue weighted by atomic mass is 9.96. The molecule has 0 unspecified atom stereocenters. The van der Waals surface area contributed by atoms with Gasteiger partial charge in [-0.2, -0.15) is 0 Å². The van der Waals surface area contributed by atoms with Crippen molar-refractivity contribution in [3.8, 4) is 5.75 Å². The quantitative estimate of drug-likeness (QED) is 0.543. The van der Waals surface area contributed by atoms with E-state index in [1.165, 1.54) is 32.5 Å².